The van der Waals surface area contributed by atoms with E-state index in [9.17, 15) is 17.6 Å². The van der Waals surface area contributed by atoms with Crippen molar-refractivity contribution in [2.45, 2.75) is 18.4 Å². The highest BCUT2D eigenvalue weighted by Crippen LogP contribution is 2.19. The lowest BCUT2D eigenvalue weighted by molar-refractivity contribution is 0.0785. The van der Waals surface area contributed by atoms with Crippen molar-refractivity contribution < 1.29 is 17.6 Å². The van der Waals surface area contributed by atoms with Gasteiger partial charge in [0.2, 0.25) is 0 Å². The van der Waals surface area contributed by atoms with E-state index in [0.717, 1.165) is 11.1 Å². The first-order valence-corrected chi connectivity index (χ1v) is 10.4. The van der Waals surface area contributed by atoms with Crippen molar-refractivity contribution >= 4 is 21.6 Å². The fourth-order valence-corrected chi connectivity index (χ4v) is 3.85. The van der Waals surface area contributed by atoms with Crippen LogP contribution in [-0.4, -0.2) is 26.3 Å². The van der Waals surface area contributed by atoms with Gasteiger partial charge in [0, 0.05) is 19.2 Å². The van der Waals surface area contributed by atoms with Crippen molar-refractivity contribution in [1.82, 2.24) is 4.90 Å². The highest BCUT2D eigenvalue weighted by atomic mass is 32.2. The lowest BCUT2D eigenvalue weighted by Crippen LogP contribution is -2.26. The molecule has 0 spiro atoms. The number of anilines is 1. The Bertz CT molecular complexity index is 1110. The molecule has 0 saturated heterocycles. The van der Waals surface area contributed by atoms with Crippen LogP contribution in [0.5, 0.6) is 0 Å². The summed E-state index contributed by atoms with van der Waals surface area (Å²) in [4.78, 5) is 14.1. The Labute approximate surface area is 169 Å². The molecule has 0 aliphatic carbocycles. The molecule has 0 unspecified atom stereocenters. The summed E-state index contributed by atoms with van der Waals surface area (Å²) in [5.74, 6) is -0.891. The van der Waals surface area contributed by atoms with E-state index in [2.05, 4.69) is 4.72 Å². The standard InChI is InChI=1S/C22H21FN2O3S/c1-16-7-9-17(10-8-16)15-25(2)22(26)18-11-13-19(14-12-18)29(27,28)24-21-6-4-3-5-20(21)23/h3-14,24H,15H2,1-2H3. The Kier molecular flexibility index (Phi) is 5.98. The number of amides is 1. The second-order valence-corrected chi connectivity index (χ2v) is 8.44. The molecular weight excluding hydrogens is 391 g/mol. The number of halogens is 1. The number of sulfonamides is 1. The molecule has 0 radical (unpaired) electrons. The molecule has 0 aliphatic heterocycles. The van der Waals surface area contributed by atoms with Gasteiger partial charge in [-0.1, -0.05) is 42.0 Å². The minimum atomic E-state index is -3.97. The van der Waals surface area contributed by atoms with Crippen LogP contribution in [0, 0.1) is 12.7 Å². The molecule has 3 aromatic carbocycles. The van der Waals surface area contributed by atoms with Gasteiger partial charge < -0.3 is 4.90 Å². The first kappa shape index (κ1) is 20.5. The Hall–Kier alpha value is -3.19. The number of benzene rings is 3. The molecular formula is C22H21FN2O3S. The summed E-state index contributed by atoms with van der Waals surface area (Å²) in [5, 5.41) is 0. The van der Waals surface area contributed by atoms with Gasteiger partial charge in [-0.2, -0.15) is 0 Å². The topological polar surface area (TPSA) is 66.5 Å². The van der Waals surface area contributed by atoms with Gasteiger partial charge in [-0.15, -0.1) is 0 Å². The van der Waals surface area contributed by atoms with Crippen molar-refractivity contribution in [3.63, 3.8) is 0 Å². The monoisotopic (exact) mass is 412 g/mol. The third-order valence-electron chi connectivity index (χ3n) is 4.42. The van der Waals surface area contributed by atoms with Crippen LogP contribution in [0.25, 0.3) is 0 Å². The first-order valence-electron chi connectivity index (χ1n) is 8.95. The van der Waals surface area contributed by atoms with Crippen LogP contribution in [0.4, 0.5) is 10.1 Å². The van der Waals surface area contributed by atoms with E-state index in [1.807, 2.05) is 31.2 Å². The predicted octanol–water partition coefficient (Wildman–Crippen LogP) is 4.21. The van der Waals surface area contributed by atoms with Crippen molar-refractivity contribution in [1.29, 1.82) is 0 Å². The number of para-hydroxylation sites is 1. The van der Waals surface area contributed by atoms with E-state index < -0.39 is 15.8 Å². The van der Waals surface area contributed by atoms with Crippen LogP contribution in [0.2, 0.25) is 0 Å². The summed E-state index contributed by atoms with van der Waals surface area (Å²) in [7, 11) is -2.28. The number of nitrogens with one attached hydrogen (secondary N) is 1. The summed E-state index contributed by atoms with van der Waals surface area (Å²) in [5.41, 5.74) is 2.37. The van der Waals surface area contributed by atoms with Crippen LogP contribution < -0.4 is 4.72 Å². The zero-order chi connectivity index (χ0) is 21.0. The molecule has 7 heteroatoms. The Morgan fingerprint density at radius 3 is 2.21 bits per heavy atom. The fourth-order valence-electron chi connectivity index (χ4n) is 2.78. The van der Waals surface area contributed by atoms with Gasteiger partial charge in [0.25, 0.3) is 15.9 Å². The summed E-state index contributed by atoms with van der Waals surface area (Å²) in [6.45, 7) is 2.43. The highest BCUT2D eigenvalue weighted by Gasteiger charge is 2.18. The van der Waals surface area contributed by atoms with E-state index in [-0.39, 0.29) is 16.5 Å². The summed E-state index contributed by atoms with van der Waals surface area (Å²) < 4.78 is 40.9. The Morgan fingerprint density at radius 1 is 0.966 bits per heavy atom. The SMILES string of the molecule is Cc1ccc(CN(C)C(=O)c2ccc(S(=O)(=O)Nc3ccccc3F)cc2)cc1. The first-order chi connectivity index (χ1) is 13.8. The Balaban J connectivity index is 1.72. The van der Waals surface area contributed by atoms with Crippen molar-refractivity contribution in [2.75, 3.05) is 11.8 Å². The molecule has 150 valence electrons. The maximum absolute atomic E-state index is 13.7. The highest BCUT2D eigenvalue weighted by molar-refractivity contribution is 7.92. The normalized spacial score (nSPS) is 11.1. The number of carbonyl (C=O) groups excluding carboxylic acids is 1. The number of nitrogens with zero attached hydrogens (tertiary/aromatic N) is 1. The molecule has 1 amide bonds. The summed E-state index contributed by atoms with van der Waals surface area (Å²) in [6, 6.07) is 19.0. The van der Waals surface area contributed by atoms with E-state index in [1.165, 1.54) is 48.5 Å². The number of carbonyl (C=O) groups is 1. The predicted molar refractivity (Wildman–Crippen MR) is 111 cm³/mol. The van der Waals surface area contributed by atoms with Crippen molar-refractivity contribution in [3.05, 3.63) is 95.3 Å². The van der Waals surface area contributed by atoms with Gasteiger partial charge in [-0.25, -0.2) is 12.8 Å². The minimum Gasteiger partial charge on any atom is -0.337 e. The quantitative estimate of drug-likeness (QED) is 0.660. The minimum absolute atomic E-state index is 0.0570. The largest absolute Gasteiger partial charge is 0.337 e. The van der Waals surface area contributed by atoms with Crippen molar-refractivity contribution in [2.24, 2.45) is 0 Å². The smallest absolute Gasteiger partial charge is 0.261 e. The van der Waals surface area contributed by atoms with Crippen molar-refractivity contribution in [3.8, 4) is 0 Å². The molecule has 0 heterocycles. The van der Waals surface area contributed by atoms with E-state index in [4.69, 9.17) is 0 Å². The lowest BCUT2D eigenvalue weighted by Gasteiger charge is -2.18. The molecule has 0 saturated carbocycles. The molecule has 0 aliphatic rings. The maximum Gasteiger partial charge on any atom is 0.261 e. The molecule has 29 heavy (non-hydrogen) atoms. The zero-order valence-electron chi connectivity index (χ0n) is 16.1. The van der Waals surface area contributed by atoms with Gasteiger partial charge in [0.05, 0.1) is 10.6 Å². The molecule has 0 atom stereocenters. The van der Waals surface area contributed by atoms with E-state index >= 15 is 0 Å². The lowest BCUT2D eigenvalue weighted by atomic mass is 10.1. The van der Waals surface area contributed by atoms with Gasteiger partial charge in [-0.3, -0.25) is 9.52 Å². The van der Waals surface area contributed by atoms with Crippen LogP contribution in [0.15, 0.2) is 77.7 Å². The Morgan fingerprint density at radius 2 is 1.59 bits per heavy atom. The third kappa shape index (κ3) is 5.00. The zero-order valence-corrected chi connectivity index (χ0v) is 16.9. The number of hydrogen-bond acceptors (Lipinski definition) is 3. The fraction of sp³-hybridized carbons (Fsp3) is 0.136. The van der Waals surface area contributed by atoms with Crippen LogP contribution in [0.1, 0.15) is 21.5 Å². The number of hydrogen-bond donors (Lipinski definition) is 1. The average molecular weight is 412 g/mol. The molecule has 0 fully saturated rings. The van der Waals surface area contributed by atoms with Gasteiger partial charge in [0.15, 0.2) is 0 Å². The molecule has 3 rings (SSSR count). The second kappa shape index (κ2) is 8.45. The average Bonchev–Trinajstić information content (AvgIpc) is 2.71. The molecule has 0 bridgehead atoms. The van der Waals surface area contributed by atoms with Gasteiger partial charge in [0.1, 0.15) is 5.82 Å². The van der Waals surface area contributed by atoms with Crippen LogP contribution >= 0.6 is 0 Å². The second-order valence-electron chi connectivity index (χ2n) is 6.76. The van der Waals surface area contributed by atoms with Gasteiger partial charge in [-0.05, 0) is 48.9 Å². The number of rotatable bonds is 6. The maximum atomic E-state index is 13.7. The van der Waals surface area contributed by atoms with Gasteiger partial charge >= 0.3 is 0 Å². The molecule has 1 N–H and O–H groups in total. The summed E-state index contributed by atoms with van der Waals surface area (Å²) >= 11 is 0. The summed E-state index contributed by atoms with van der Waals surface area (Å²) in [6.07, 6.45) is 0. The third-order valence-corrected chi connectivity index (χ3v) is 5.80. The number of aryl methyl sites for hydroxylation is 1. The van der Waals surface area contributed by atoms with E-state index in [1.54, 1.807) is 11.9 Å². The molecule has 3 aromatic rings. The van der Waals surface area contributed by atoms with E-state index in [0.29, 0.717) is 12.1 Å². The van der Waals surface area contributed by atoms with Crippen LogP contribution in [-0.2, 0) is 16.6 Å². The molecule has 0 aromatic heterocycles. The van der Waals surface area contributed by atoms with Crippen LogP contribution in [0.3, 0.4) is 0 Å². The molecule has 5 nitrogen and oxygen atoms in total.